The third kappa shape index (κ3) is 3.90. The molecule has 0 aliphatic carbocycles. The number of ether oxygens (including phenoxy) is 2. The summed E-state index contributed by atoms with van der Waals surface area (Å²) in [6.07, 6.45) is -0.682. The summed E-state index contributed by atoms with van der Waals surface area (Å²) in [6.45, 7) is 4.12. The highest BCUT2D eigenvalue weighted by molar-refractivity contribution is 5.28. The molecule has 1 aromatic carbocycles. The molecular formula is C12H18O3. The fourth-order valence-electron chi connectivity index (χ4n) is 1.19. The van der Waals surface area contributed by atoms with E-state index in [9.17, 15) is 5.11 Å². The third-order valence-corrected chi connectivity index (χ3v) is 2.21. The minimum Gasteiger partial charge on any atom is -0.488 e. The predicted molar refractivity (Wildman–Crippen MR) is 58.9 cm³/mol. The Morgan fingerprint density at radius 3 is 2.67 bits per heavy atom. The lowest BCUT2D eigenvalue weighted by molar-refractivity contribution is 0.0603. The molecule has 0 aliphatic heterocycles. The van der Waals surface area contributed by atoms with Gasteiger partial charge >= 0.3 is 0 Å². The van der Waals surface area contributed by atoms with Crippen molar-refractivity contribution in [3.8, 4) is 5.75 Å². The maximum Gasteiger partial charge on any atom is 0.121 e. The van der Waals surface area contributed by atoms with Crippen LogP contribution in [0.15, 0.2) is 24.3 Å². The molecule has 0 aliphatic rings. The number of methoxy groups -OCH3 is 1. The van der Waals surface area contributed by atoms with Crippen molar-refractivity contribution in [2.24, 2.45) is 0 Å². The van der Waals surface area contributed by atoms with Gasteiger partial charge in [0.1, 0.15) is 11.9 Å². The van der Waals surface area contributed by atoms with Gasteiger partial charge in [-0.3, -0.25) is 0 Å². The Labute approximate surface area is 90.6 Å². The molecular weight excluding hydrogens is 192 g/mol. The van der Waals surface area contributed by atoms with E-state index in [4.69, 9.17) is 9.47 Å². The molecule has 0 bridgehead atoms. The van der Waals surface area contributed by atoms with E-state index in [1.165, 1.54) is 0 Å². The second-order valence-electron chi connectivity index (χ2n) is 3.64. The molecule has 1 unspecified atom stereocenters. The molecule has 0 saturated heterocycles. The van der Waals surface area contributed by atoms with Crippen LogP contribution in [-0.4, -0.2) is 24.4 Å². The first-order valence-electron chi connectivity index (χ1n) is 5.06. The first-order chi connectivity index (χ1) is 7.13. The van der Waals surface area contributed by atoms with Crippen molar-refractivity contribution in [1.29, 1.82) is 0 Å². The molecule has 3 heteroatoms. The van der Waals surface area contributed by atoms with Crippen molar-refractivity contribution in [2.45, 2.75) is 32.7 Å². The van der Waals surface area contributed by atoms with Crippen molar-refractivity contribution in [3.05, 3.63) is 29.8 Å². The Hall–Kier alpha value is -1.06. The summed E-state index contributed by atoms with van der Waals surface area (Å²) in [5.74, 6) is 0.762. The van der Waals surface area contributed by atoms with Gasteiger partial charge in [-0.15, -0.1) is 0 Å². The average Bonchev–Trinajstić information content (AvgIpc) is 2.18. The molecule has 0 aromatic heterocycles. The van der Waals surface area contributed by atoms with Crippen LogP contribution in [-0.2, 0) is 11.3 Å². The van der Waals surface area contributed by atoms with Crippen LogP contribution in [0.4, 0.5) is 0 Å². The molecule has 1 aromatic rings. The van der Waals surface area contributed by atoms with Gasteiger partial charge in [0.05, 0.1) is 12.7 Å². The molecule has 2 atom stereocenters. The fourth-order valence-corrected chi connectivity index (χ4v) is 1.19. The summed E-state index contributed by atoms with van der Waals surface area (Å²) in [5.41, 5.74) is 1.06. The predicted octanol–water partition coefficient (Wildman–Crippen LogP) is 1.98. The van der Waals surface area contributed by atoms with Crippen LogP contribution >= 0.6 is 0 Å². The van der Waals surface area contributed by atoms with Gasteiger partial charge in [-0.1, -0.05) is 12.1 Å². The number of hydrogen-bond donors (Lipinski definition) is 1. The number of aliphatic hydroxyl groups excluding tert-OH is 1. The normalized spacial score (nSPS) is 14.7. The molecule has 0 radical (unpaired) electrons. The quantitative estimate of drug-likeness (QED) is 0.807. The standard InChI is InChI=1S/C12H18O3/c1-9(13)10(2)15-12-6-4-5-11(7-12)8-14-3/h4-7,9-10,13H,8H2,1-3H3/t9-,10?/m1/s1. The summed E-state index contributed by atoms with van der Waals surface area (Å²) in [7, 11) is 1.66. The molecule has 0 saturated carbocycles. The van der Waals surface area contributed by atoms with Crippen LogP contribution in [0.1, 0.15) is 19.4 Å². The lowest BCUT2D eigenvalue weighted by atomic mass is 10.2. The molecule has 0 fully saturated rings. The van der Waals surface area contributed by atoms with Crippen molar-refractivity contribution in [2.75, 3.05) is 7.11 Å². The summed E-state index contributed by atoms with van der Waals surface area (Å²) >= 11 is 0. The van der Waals surface area contributed by atoms with Crippen molar-refractivity contribution >= 4 is 0 Å². The summed E-state index contributed by atoms with van der Waals surface area (Å²) in [5, 5.41) is 9.31. The number of hydrogen-bond acceptors (Lipinski definition) is 3. The van der Waals surface area contributed by atoms with Gasteiger partial charge in [-0.2, -0.15) is 0 Å². The van der Waals surface area contributed by atoms with Crippen LogP contribution in [0, 0.1) is 0 Å². The van der Waals surface area contributed by atoms with Gasteiger partial charge in [0.2, 0.25) is 0 Å². The molecule has 15 heavy (non-hydrogen) atoms. The lowest BCUT2D eigenvalue weighted by Crippen LogP contribution is -2.25. The Morgan fingerprint density at radius 2 is 2.07 bits per heavy atom. The maximum absolute atomic E-state index is 9.31. The SMILES string of the molecule is COCc1cccc(OC(C)[C@@H](C)O)c1. The van der Waals surface area contributed by atoms with E-state index in [0.29, 0.717) is 6.61 Å². The number of rotatable bonds is 5. The van der Waals surface area contributed by atoms with E-state index in [1.807, 2.05) is 31.2 Å². The van der Waals surface area contributed by atoms with E-state index in [1.54, 1.807) is 14.0 Å². The molecule has 3 nitrogen and oxygen atoms in total. The number of benzene rings is 1. The minimum absolute atomic E-state index is 0.206. The zero-order valence-electron chi connectivity index (χ0n) is 9.43. The summed E-state index contributed by atoms with van der Waals surface area (Å²) < 4.78 is 10.6. The molecule has 0 spiro atoms. The lowest BCUT2D eigenvalue weighted by Gasteiger charge is -2.17. The largest absolute Gasteiger partial charge is 0.488 e. The minimum atomic E-state index is -0.476. The van der Waals surface area contributed by atoms with Crippen molar-refractivity contribution < 1.29 is 14.6 Å². The topological polar surface area (TPSA) is 38.7 Å². The first kappa shape index (κ1) is 12.0. The van der Waals surface area contributed by atoms with Crippen LogP contribution in [0.2, 0.25) is 0 Å². The Balaban J connectivity index is 2.64. The van der Waals surface area contributed by atoms with Crippen LogP contribution in [0.3, 0.4) is 0 Å². The highest BCUT2D eigenvalue weighted by Crippen LogP contribution is 2.16. The van der Waals surface area contributed by atoms with Crippen LogP contribution < -0.4 is 4.74 Å². The van der Waals surface area contributed by atoms with Gasteiger partial charge < -0.3 is 14.6 Å². The first-order valence-corrected chi connectivity index (χ1v) is 5.06. The van der Waals surface area contributed by atoms with Gasteiger partial charge in [0, 0.05) is 7.11 Å². The molecule has 0 heterocycles. The average molecular weight is 210 g/mol. The van der Waals surface area contributed by atoms with E-state index >= 15 is 0 Å². The Bertz CT molecular complexity index is 297. The van der Waals surface area contributed by atoms with Crippen LogP contribution in [0.25, 0.3) is 0 Å². The Morgan fingerprint density at radius 1 is 1.33 bits per heavy atom. The van der Waals surface area contributed by atoms with E-state index in [-0.39, 0.29) is 6.10 Å². The second-order valence-corrected chi connectivity index (χ2v) is 3.64. The van der Waals surface area contributed by atoms with Crippen molar-refractivity contribution in [1.82, 2.24) is 0 Å². The van der Waals surface area contributed by atoms with E-state index in [0.717, 1.165) is 11.3 Å². The monoisotopic (exact) mass is 210 g/mol. The molecule has 1 N–H and O–H groups in total. The molecule has 84 valence electrons. The maximum atomic E-state index is 9.31. The van der Waals surface area contributed by atoms with Gasteiger partial charge in [-0.25, -0.2) is 0 Å². The smallest absolute Gasteiger partial charge is 0.121 e. The zero-order chi connectivity index (χ0) is 11.3. The van der Waals surface area contributed by atoms with E-state index in [2.05, 4.69) is 0 Å². The number of aliphatic hydroxyl groups is 1. The summed E-state index contributed by atoms with van der Waals surface area (Å²) in [4.78, 5) is 0. The summed E-state index contributed by atoms with van der Waals surface area (Å²) in [6, 6.07) is 7.68. The second kappa shape index (κ2) is 5.73. The molecule has 1 rings (SSSR count). The highest BCUT2D eigenvalue weighted by Gasteiger charge is 2.10. The third-order valence-electron chi connectivity index (χ3n) is 2.21. The van der Waals surface area contributed by atoms with Crippen molar-refractivity contribution in [3.63, 3.8) is 0 Å². The van der Waals surface area contributed by atoms with Crippen LogP contribution in [0.5, 0.6) is 5.75 Å². The Kier molecular flexibility index (Phi) is 4.59. The van der Waals surface area contributed by atoms with Gasteiger partial charge in [0.25, 0.3) is 0 Å². The van der Waals surface area contributed by atoms with Gasteiger partial charge in [-0.05, 0) is 31.5 Å². The highest BCUT2D eigenvalue weighted by atomic mass is 16.5. The fraction of sp³-hybridized carbons (Fsp3) is 0.500. The van der Waals surface area contributed by atoms with Gasteiger partial charge in [0.15, 0.2) is 0 Å². The molecule has 0 amide bonds. The zero-order valence-corrected chi connectivity index (χ0v) is 9.43. The van der Waals surface area contributed by atoms with E-state index < -0.39 is 6.10 Å².